The van der Waals surface area contributed by atoms with Crippen LogP contribution in [-0.2, 0) is 4.74 Å². The number of aromatic nitrogens is 2. The van der Waals surface area contributed by atoms with E-state index in [1.54, 1.807) is 18.6 Å². The van der Waals surface area contributed by atoms with Crippen LogP contribution in [0.25, 0.3) is 0 Å². The van der Waals surface area contributed by atoms with Gasteiger partial charge in [0.2, 0.25) is 0 Å². The molecule has 1 aliphatic rings. The van der Waals surface area contributed by atoms with Gasteiger partial charge in [0.25, 0.3) is 0 Å². The van der Waals surface area contributed by atoms with Gasteiger partial charge >= 0.3 is 6.09 Å². The largest absolute Gasteiger partial charge is 0.444 e. The second-order valence-corrected chi connectivity index (χ2v) is 7.20. The van der Waals surface area contributed by atoms with Crippen LogP contribution in [0.4, 0.5) is 4.79 Å². The predicted molar refractivity (Wildman–Crippen MR) is 88.9 cm³/mol. The zero-order chi connectivity index (χ0) is 16.9. The summed E-state index contributed by atoms with van der Waals surface area (Å²) in [6, 6.07) is 0.526. The molecule has 0 aliphatic heterocycles. The van der Waals surface area contributed by atoms with Crippen molar-refractivity contribution < 1.29 is 9.53 Å². The van der Waals surface area contributed by atoms with Crippen LogP contribution in [0.15, 0.2) is 18.6 Å². The van der Waals surface area contributed by atoms with Gasteiger partial charge in [-0.1, -0.05) is 6.42 Å². The smallest absolute Gasteiger partial charge is 0.407 e. The molecule has 128 valence electrons. The molecule has 0 aromatic carbocycles. The van der Waals surface area contributed by atoms with E-state index in [1.165, 1.54) is 6.42 Å². The molecule has 0 saturated heterocycles. The summed E-state index contributed by atoms with van der Waals surface area (Å²) in [6.45, 7) is 8.35. The fourth-order valence-corrected chi connectivity index (χ4v) is 2.97. The highest BCUT2D eigenvalue weighted by atomic mass is 16.6. The molecule has 3 unspecified atom stereocenters. The number of carbonyl (C=O) groups is 1. The summed E-state index contributed by atoms with van der Waals surface area (Å²) in [5.41, 5.74) is 0.482. The molecule has 1 aromatic rings. The molecule has 6 nitrogen and oxygen atoms in total. The van der Waals surface area contributed by atoms with Crippen molar-refractivity contribution in [1.82, 2.24) is 20.6 Å². The molecule has 1 aliphatic carbocycles. The van der Waals surface area contributed by atoms with Crippen molar-refractivity contribution in [3.05, 3.63) is 24.3 Å². The Morgan fingerprint density at radius 1 is 1.39 bits per heavy atom. The van der Waals surface area contributed by atoms with Crippen LogP contribution in [0.2, 0.25) is 0 Å². The number of amides is 1. The van der Waals surface area contributed by atoms with E-state index in [0.717, 1.165) is 18.5 Å². The second-order valence-electron chi connectivity index (χ2n) is 7.20. The fourth-order valence-electron chi connectivity index (χ4n) is 2.97. The van der Waals surface area contributed by atoms with Gasteiger partial charge in [0.1, 0.15) is 5.60 Å². The van der Waals surface area contributed by atoms with Crippen LogP contribution < -0.4 is 10.6 Å². The topological polar surface area (TPSA) is 76.1 Å². The zero-order valence-corrected chi connectivity index (χ0v) is 14.5. The molecule has 1 saturated carbocycles. The number of rotatable bonds is 5. The van der Waals surface area contributed by atoms with Crippen LogP contribution >= 0.6 is 0 Å². The number of nitrogens with one attached hydrogen (secondary N) is 2. The molecule has 0 bridgehead atoms. The Bertz CT molecular complexity index is 501. The van der Waals surface area contributed by atoms with Crippen LogP contribution in [0, 0.1) is 5.92 Å². The lowest BCUT2D eigenvalue weighted by Gasteiger charge is -2.26. The normalized spacial score (nSPS) is 22.6. The van der Waals surface area contributed by atoms with Gasteiger partial charge < -0.3 is 15.4 Å². The van der Waals surface area contributed by atoms with Gasteiger partial charge in [-0.25, -0.2) is 4.79 Å². The van der Waals surface area contributed by atoms with Crippen LogP contribution in [0.5, 0.6) is 0 Å². The highest BCUT2D eigenvalue weighted by Gasteiger charge is 2.29. The van der Waals surface area contributed by atoms with Crippen LogP contribution in [-0.4, -0.2) is 34.2 Å². The monoisotopic (exact) mass is 320 g/mol. The average molecular weight is 320 g/mol. The number of hydrogen-bond acceptors (Lipinski definition) is 5. The summed E-state index contributed by atoms with van der Waals surface area (Å²) in [6.07, 6.45) is 8.24. The second kappa shape index (κ2) is 7.73. The minimum atomic E-state index is -0.460. The van der Waals surface area contributed by atoms with E-state index in [4.69, 9.17) is 4.74 Å². The Morgan fingerprint density at radius 3 is 2.83 bits per heavy atom. The lowest BCUT2D eigenvalue weighted by Crippen LogP contribution is -2.41. The predicted octanol–water partition coefficient (Wildman–Crippen LogP) is 2.82. The summed E-state index contributed by atoms with van der Waals surface area (Å²) in [5, 5.41) is 6.52. The fraction of sp³-hybridized carbons (Fsp3) is 0.706. The van der Waals surface area contributed by atoms with E-state index in [1.807, 2.05) is 20.8 Å². The maximum absolute atomic E-state index is 11.8. The van der Waals surface area contributed by atoms with E-state index >= 15 is 0 Å². The molecule has 3 atom stereocenters. The van der Waals surface area contributed by atoms with Crippen molar-refractivity contribution >= 4 is 6.09 Å². The minimum absolute atomic E-state index is 0.149. The minimum Gasteiger partial charge on any atom is -0.444 e. The summed E-state index contributed by atoms with van der Waals surface area (Å²) >= 11 is 0. The number of hydrogen-bond donors (Lipinski definition) is 2. The third-order valence-electron chi connectivity index (χ3n) is 4.06. The molecule has 2 rings (SSSR count). The lowest BCUT2D eigenvalue weighted by molar-refractivity contribution is 0.0517. The molecule has 1 heterocycles. The molecular formula is C17H28N4O2. The molecule has 1 aromatic heterocycles. The third-order valence-corrected chi connectivity index (χ3v) is 4.06. The number of nitrogens with zero attached hydrogens (tertiary/aromatic N) is 2. The summed E-state index contributed by atoms with van der Waals surface area (Å²) < 4.78 is 5.29. The van der Waals surface area contributed by atoms with Crippen molar-refractivity contribution in [1.29, 1.82) is 0 Å². The molecule has 0 spiro atoms. The maximum Gasteiger partial charge on any atom is 0.407 e. The van der Waals surface area contributed by atoms with Gasteiger partial charge in [0.15, 0.2) is 0 Å². The molecular weight excluding hydrogens is 292 g/mol. The van der Waals surface area contributed by atoms with Crippen LogP contribution in [0.1, 0.15) is 58.7 Å². The zero-order valence-electron chi connectivity index (χ0n) is 14.5. The van der Waals surface area contributed by atoms with Crippen molar-refractivity contribution in [2.45, 2.75) is 64.6 Å². The molecule has 1 amide bonds. The summed E-state index contributed by atoms with van der Waals surface area (Å²) in [5.74, 6) is 0.418. The van der Waals surface area contributed by atoms with Crippen molar-refractivity contribution in [3.8, 4) is 0 Å². The van der Waals surface area contributed by atoms with Gasteiger partial charge in [-0.2, -0.15) is 0 Å². The summed E-state index contributed by atoms with van der Waals surface area (Å²) in [4.78, 5) is 20.3. The van der Waals surface area contributed by atoms with E-state index in [-0.39, 0.29) is 12.1 Å². The Morgan fingerprint density at radius 2 is 2.17 bits per heavy atom. The molecule has 0 radical (unpaired) electrons. The first-order chi connectivity index (χ1) is 10.8. The summed E-state index contributed by atoms with van der Waals surface area (Å²) in [7, 11) is 0. The SMILES string of the molecule is CC(NC1CCCC1CNC(=O)OC(C)(C)C)c1cnccn1. The molecule has 6 heteroatoms. The van der Waals surface area contributed by atoms with E-state index in [0.29, 0.717) is 18.5 Å². The average Bonchev–Trinajstić information content (AvgIpc) is 2.91. The van der Waals surface area contributed by atoms with Gasteiger partial charge in [0, 0.05) is 37.2 Å². The van der Waals surface area contributed by atoms with Gasteiger partial charge in [-0.05, 0) is 46.5 Å². The van der Waals surface area contributed by atoms with E-state index in [2.05, 4.69) is 27.5 Å². The number of carbonyl (C=O) groups excluding carboxylic acids is 1. The third kappa shape index (κ3) is 5.78. The van der Waals surface area contributed by atoms with E-state index < -0.39 is 5.60 Å². The Hall–Kier alpha value is -1.69. The first-order valence-corrected chi connectivity index (χ1v) is 8.34. The highest BCUT2D eigenvalue weighted by Crippen LogP contribution is 2.27. The molecule has 23 heavy (non-hydrogen) atoms. The first kappa shape index (κ1) is 17.7. The lowest BCUT2D eigenvalue weighted by atomic mass is 10.0. The van der Waals surface area contributed by atoms with Gasteiger partial charge in [-0.15, -0.1) is 0 Å². The van der Waals surface area contributed by atoms with Crippen molar-refractivity contribution in [2.24, 2.45) is 5.92 Å². The van der Waals surface area contributed by atoms with Crippen molar-refractivity contribution in [3.63, 3.8) is 0 Å². The van der Waals surface area contributed by atoms with Crippen LogP contribution in [0.3, 0.4) is 0 Å². The highest BCUT2D eigenvalue weighted by molar-refractivity contribution is 5.67. The first-order valence-electron chi connectivity index (χ1n) is 8.34. The maximum atomic E-state index is 11.8. The van der Waals surface area contributed by atoms with Crippen molar-refractivity contribution in [2.75, 3.05) is 6.54 Å². The van der Waals surface area contributed by atoms with Gasteiger partial charge in [-0.3, -0.25) is 9.97 Å². The number of alkyl carbamates (subject to hydrolysis) is 1. The van der Waals surface area contributed by atoms with Gasteiger partial charge in [0.05, 0.1) is 5.69 Å². The standard InChI is InChI=1S/C17H28N4O2/c1-12(15-11-18-8-9-19-15)21-14-7-5-6-13(14)10-20-16(22)23-17(2,3)4/h8-9,11-14,21H,5-7,10H2,1-4H3,(H,20,22). The number of ether oxygens (including phenoxy) is 1. The Balaban J connectivity index is 1.82. The Labute approximate surface area is 138 Å². The Kier molecular flexibility index (Phi) is 5.93. The quantitative estimate of drug-likeness (QED) is 0.872. The molecule has 1 fully saturated rings. The van der Waals surface area contributed by atoms with E-state index in [9.17, 15) is 4.79 Å². The molecule has 2 N–H and O–H groups in total.